The molecule has 1 amide bonds. The molecule has 0 aliphatic carbocycles. The molecule has 2 N–H and O–H groups in total. The topological polar surface area (TPSA) is 68.8 Å². The number of benzene rings is 1. The number of carbonyl (C=O) groups is 1. The molecule has 0 radical (unpaired) electrons. The molecule has 6 nitrogen and oxygen atoms in total. The lowest BCUT2D eigenvalue weighted by atomic mass is 10.3. The Balaban J connectivity index is 0.00000180. The molecule has 0 saturated heterocycles. The number of hydrogen-bond acceptors (Lipinski definition) is 5. The minimum atomic E-state index is -0.107. The molecular weight excluding hydrogens is 272 g/mol. The number of ether oxygens (including phenoxy) is 3. The maximum Gasteiger partial charge on any atom is 0.238 e. The summed E-state index contributed by atoms with van der Waals surface area (Å²) >= 11 is 0. The van der Waals surface area contributed by atoms with Gasteiger partial charge in [-0.3, -0.25) is 4.79 Å². The van der Waals surface area contributed by atoms with Gasteiger partial charge in [0, 0.05) is 25.4 Å². The molecule has 0 aromatic heterocycles. The number of nitrogens with one attached hydrogen (secondary N) is 2. The average molecular weight is 289 g/mol. The number of halogens is 1. The summed E-state index contributed by atoms with van der Waals surface area (Å²) in [7, 11) is 1.62. The van der Waals surface area contributed by atoms with E-state index in [1.54, 1.807) is 25.3 Å². The third-order valence-corrected chi connectivity index (χ3v) is 2.42. The summed E-state index contributed by atoms with van der Waals surface area (Å²) < 4.78 is 15.3. The number of fused-ring (bicyclic) bond motifs is 1. The number of rotatable bonds is 6. The van der Waals surface area contributed by atoms with Gasteiger partial charge in [-0.1, -0.05) is 0 Å². The smallest absolute Gasteiger partial charge is 0.238 e. The summed E-state index contributed by atoms with van der Waals surface area (Å²) in [5.41, 5.74) is 0.692. The molecule has 106 valence electrons. The van der Waals surface area contributed by atoms with Crippen molar-refractivity contribution in [1.29, 1.82) is 0 Å². The summed E-state index contributed by atoms with van der Waals surface area (Å²) in [6, 6.07) is 5.30. The van der Waals surface area contributed by atoms with E-state index >= 15 is 0 Å². The Morgan fingerprint density at radius 3 is 2.95 bits per heavy atom. The van der Waals surface area contributed by atoms with E-state index in [0.29, 0.717) is 30.3 Å². The van der Waals surface area contributed by atoms with Crippen LogP contribution in [0.1, 0.15) is 0 Å². The first kappa shape index (κ1) is 15.6. The number of amides is 1. The minimum Gasteiger partial charge on any atom is -0.454 e. The zero-order chi connectivity index (χ0) is 12.8. The van der Waals surface area contributed by atoms with Crippen LogP contribution in [0, 0.1) is 0 Å². The third kappa shape index (κ3) is 4.59. The maximum absolute atomic E-state index is 11.6. The van der Waals surface area contributed by atoms with Crippen molar-refractivity contribution >= 4 is 24.0 Å². The molecule has 1 heterocycles. The molecule has 0 unspecified atom stereocenters. The van der Waals surface area contributed by atoms with Gasteiger partial charge in [0.2, 0.25) is 12.7 Å². The van der Waals surface area contributed by atoms with E-state index < -0.39 is 0 Å². The second kappa shape index (κ2) is 7.83. The molecule has 0 saturated carbocycles. The van der Waals surface area contributed by atoms with Gasteiger partial charge in [0.1, 0.15) is 0 Å². The Morgan fingerprint density at radius 1 is 1.37 bits per heavy atom. The zero-order valence-electron chi connectivity index (χ0n) is 10.6. The highest BCUT2D eigenvalue weighted by atomic mass is 35.5. The summed E-state index contributed by atoms with van der Waals surface area (Å²) in [6.07, 6.45) is 0. The van der Waals surface area contributed by atoms with Gasteiger partial charge in [0.05, 0.1) is 13.2 Å². The van der Waals surface area contributed by atoms with Crippen LogP contribution in [0.5, 0.6) is 11.5 Å². The summed E-state index contributed by atoms with van der Waals surface area (Å²) in [5.74, 6) is 1.25. The fourth-order valence-electron chi connectivity index (χ4n) is 1.56. The molecule has 1 aromatic rings. The highest BCUT2D eigenvalue weighted by Crippen LogP contribution is 2.34. The fourth-order valence-corrected chi connectivity index (χ4v) is 1.56. The molecule has 0 atom stereocenters. The van der Waals surface area contributed by atoms with Crippen molar-refractivity contribution in [3.63, 3.8) is 0 Å². The van der Waals surface area contributed by atoms with E-state index in [2.05, 4.69) is 10.6 Å². The van der Waals surface area contributed by atoms with Gasteiger partial charge >= 0.3 is 0 Å². The Kier molecular flexibility index (Phi) is 6.41. The van der Waals surface area contributed by atoms with Crippen molar-refractivity contribution < 1.29 is 19.0 Å². The van der Waals surface area contributed by atoms with Crippen LogP contribution in [-0.4, -0.2) is 39.5 Å². The van der Waals surface area contributed by atoms with Gasteiger partial charge in [-0.15, -0.1) is 12.4 Å². The van der Waals surface area contributed by atoms with Gasteiger partial charge < -0.3 is 24.8 Å². The van der Waals surface area contributed by atoms with E-state index in [1.807, 2.05) is 0 Å². The lowest BCUT2D eigenvalue weighted by Crippen LogP contribution is -2.30. The molecule has 0 bridgehead atoms. The van der Waals surface area contributed by atoms with E-state index in [4.69, 9.17) is 14.2 Å². The number of hydrogen-bond donors (Lipinski definition) is 2. The average Bonchev–Trinajstić information content (AvgIpc) is 2.82. The third-order valence-electron chi connectivity index (χ3n) is 2.42. The van der Waals surface area contributed by atoms with Crippen molar-refractivity contribution in [1.82, 2.24) is 5.32 Å². The highest BCUT2D eigenvalue weighted by Gasteiger charge is 2.13. The zero-order valence-corrected chi connectivity index (χ0v) is 11.4. The largest absolute Gasteiger partial charge is 0.454 e. The molecule has 1 aliphatic rings. The fraction of sp³-hybridized carbons (Fsp3) is 0.417. The summed E-state index contributed by atoms with van der Waals surface area (Å²) in [4.78, 5) is 11.6. The quantitative estimate of drug-likeness (QED) is 0.765. The van der Waals surface area contributed by atoms with Crippen LogP contribution < -0.4 is 20.1 Å². The molecule has 7 heteroatoms. The Labute approximate surface area is 117 Å². The van der Waals surface area contributed by atoms with Gasteiger partial charge in [0.25, 0.3) is 0 Å². The van der Waals surface area contributed by atoms with Crippen LogP contribution in [0.4, 0.5) is 5.69 Å². The highest BCUT2D eigenvalue weighted by molar-refractivity contribution is 5.92. The van der Waals surface area contributed by atoms with Crippen LogP contribution in [0.15, 0.2) is 18.2 Å². The standard InChI is InChI=1S/C12H16N2O4.ClH/c1-16-5-4-13-7-12(15)14-9-2-3-10-11(6-9)18-8-17-10;/h2-3,6,13H,4-5,7-8H2,1H3,(H,14,15);1H. The van der Waals surface area contributed by atoms with Gasteiger partial charge in [-0.05, 0) is 12.1 Å². The van der Waals surface area contributed by atoms with E-state index in [0.717, 1.165) is 0 Å². The van der Waals surface area contributed by atoms with Gasteiger partial charge in [-0.2, -0.15) is 0 Å². The number of carbonyl (C=O) groups excluding carboxylic acids is 1. The Morgan fingerprint density at radius 2 is 2.16 bits per heavy atom. The molecular formula is C12H17ClN2O4. The van der Waals surface area contributed by atoms with Crippen molar-refractivity contribution in [3.05, 3.63) is 18.2 Å². The van der Waals surface area contributed by atoms with Crippen LogP contribution in [0.25, 0.3) is 0 Å². The van der Waals surface area contributed by atoms with E-state index in [9.17, 15) is 4.79 Å². The maximum atomic E-state index is 11.6. The predicted octanol–water partition coefficient (Wildman–Crippen LogP) is 1.01. The second-order valence-electron chi connectivity index (χ2n) is 3.79. The van der Waals surface area contributed by atoms with E-state index in [1.165, 1.54) is 0 Å². The molecule has 0 fully saturated rings. The summed E-state index contributed by atoms with van der Waals surface area (Å²) in [6.45, 7) is 1.70. The van der Waals surface area contributed by atoms with Crippen molar-refractivity contribution in [2.45, 2.75) is 0 Å². The lowest BCUT2D eigenvalue weighted by molar-refractivity contribution is -0.115. The number of anilines is 1. The van der Waals surface area contributed by atoms with Crippen molar-refractivity contribution in [2.24, 2.45) is 0 Å². The normalized spacial score (nSPS) is 11.8. The minimum absolute atomic E-state index is 0. The van der Waals surface area contributed by atoms with Crippen LogP contribution >= 0.6 is 12.4 Å². The van der Waals surface area contributed by atoms with Crippen LogP contribution in [0.3, 0.4) is 0 Å². The monoisotopic (exact) mass is 288 g/mol. The van der Waals surface area contributed by atoms with E-state index in [-0.39, 0.29) is 31.7 Å². The second-order valence-corrected chi connectivity index (χ2v) is 3.79. The van der Waals surface area contributed by atoms with Crippen molar-refractivity contribution in [2.75, 3.05) is 38.9 Å². The summed E-state index contributed by atoms with van der Waals surface area (Å²) in [5, 5.41) is 5.74. The van der Waals surface area contributed by atoms with Gasteiger partial charge in [-0.25, -0.2) is 0 Å². The molecule has 1 aromatic carbocycles. The predicted molar refractivity (Wildman–Crippen MR) is 73.2 cm³/mol. The first-order chi connectivity index (χ1) is 8.79. The first-order valence-electron chi connectivity index (χ1n) is 5.69. The lowest BCUT2D eigenvalue weighted by Gasteiger charge is -2.07. The van der Waals surface area contributed by atoms with Crippen LogP contribution in [0.2, 0.25) is 0 Å². The molecule has 0 spiro atoms. The Hall–Kier alpha value is -1.50. The Bertz CT molecular complexity index is 428. The van der Waals surface area contributed by atoms with Crippen LogP contribution in [-0.2, 0) is 9.53 Å². The van der Waals surface area contributed by atoms with Gasteiger partial charge in [0.15, 0.2) is 11.5 Å². The molecule has 19 heavy (non-hydrogen) atoms. The van der Waals surface area contributed by atoms with Crippen molar-refractivity contribution in [3.8, 4) is 11.5 Å². The molecule has 1 aliphatic heterocycles. The number of methoxy groups -OCH3 is 1. The molecule has 2 rings (SSSR count). The SMILES string of the molecule is COCCNCC(=O)Nc1ccc2c(c1)OCO2.Cl. The first-order valence-corrected chi connectivity index (χ1v) is 5.69.